The average molecular weight is 1920 g/mol. The van der Waals surface area contributed by atoms with Gasteiger partial charge in [-0.3, -0.25) is 59.8 Å². The predicted molar refractivity (Wildman–Crippen MR) is 535 cm³/mol. The maximum absolute atomic E-state index is 12.5. The predicted octanol–water partition coefficient (Wildman–Crippen LogP) is 12.5. The number of urea groups is 5. The number of rotatable bonds is 20. The topological polar surface area (TPSA) is 491 Å². The Balaban J connectivity index is 0.000000166. The highest BCUT2D eigenvalue weighted by Crippen LogP contribution is 2.33. The van der Waals surface area contributed by atoms with E-state index in [0.717, 1.165) is 106 Å². The Kier molecular flexibility index (Phi) is 37.9. The van der Waals surface area contributed by atoms with E-state index in [1.807, 2.05) is 219 Å². The number of aliphatic hydroxyl groups excluding tert-OH is 1. The first kappa shape index (κ1) is 103. The third-order valence-electron chi connectivity index (χ3n) is 23.3. The van der Waals surface area contributed by atoms with Crippen molar-refractivity contribution >= 4 is 146 Å². The molecule has 10 aromatic rings. The van der Waals surface area contributed by atoms with Crippen LogP contribution >= 0.6 is 12.6 Å². The fourth-order valence-electron chi connectivity index (χ4n) is 15.2. The lowest BCUT2D eigenvalue weighted by atomic mass is 10.1. The van der Waals surface area contributed by atoms with Gasteiger partial charge in [0, 0.05) is 224 Å². The van der Waals surface area contributed by atoms with Gasteiger partial charge in [-0.25, -0.2) is 40.4 Å². The van der Waals surface area contributed by atoms with Gasteiger partial charge in [0.25, 0.3) is 35.0 Å². The Hall–Kier alpha value is -16.1. The Labute approximate surface area is 808 Å². The summed E-state index contributed by atoms with van der Waals surface area (Å²) in [4.78, 5) is 160. The van der Waals surface area contributed by atoms with Crippen molar-refractivity contribution in [2.24, 2.45) is 0 Å². The molecule has 5 aliphatic rings. The van der Waals surface area contributed by atoms with Crippen molar-refractivity contribution in [3.05, 3.63) is 301 Å². The van der Waals surface area contributed by atoms with Crippen LogP contribution in [0.4, 0.5) is 97.9 Å². The van der Waals surface area contributed by atoms with Crippen molar-refractivity contribution in [3.8, 4) is 0 Å². The molecule has 10 aromatic carbocycles. The molecule has 40 nitrogen and oxygen atoms in total. The van der Waals surface area contributed by atoms with Crippen LogP contribution in [-0.4, -0.2) is 265 Å². The van der Waals surface area contributed by atoms with Crippen LogP contribution in [0.1, 0.15) is 69.2 Å². The number of carbonyl (C=O) groups excluding carboxylic acids is 10. The SMILES string of the molecule is Cc1ccc(NC(=O)N2CCN(c3ccc(C(=O)NCCO)cc3)CC2)cc1.Cc1ccc(NC(=O)N2CCN(c3ccc(C(=O)NO)cc3)CC2)cc1.Cc1ccc(NC(=O)N2CCN(c3ccc(C(=O)NO)cc3[N+](=O)[O-])CC2)cc1.Cc1ccc(NC(=O)N2CCN(c3ccc(NC(=O)CS)cc3)CC2)cc1.Cc1ccc(NC(=O)N2CCN(c3ccc([N+](=O)[O-])cc3C(=O)NO)CC2)cc1. The molecule has 0 atom stereocenters. The van der Waals surface area contributed by atoms with E-state index in [1.165, 1.54) is 35.2 Å². The fourth-order valence-corrected chi connectivity index (χ4v) is 15.3. The number of nitro groups is 2. The van der Waals surface area contributed by atoms with E-state index < -0.39 is 27.6 Å². The molecule has 0 aliphatic carbocycles. The zero-order valence-electron chi connectivity index (χ0n) is 77.5. The summed E-state index contributed by atoms with van der Waals surface area (Å²) in [6.45, 7) is 21.7. The number of hydrogen-bond donors (Lipinski definition) is 15. The molecule has 0 unspecified atom stereocenters. The van der Waals surface area contributed by atoms with Crippen LogP contribution in [0.2, 0.25) is 0 Å². The molecular weight excluding hydrogens is 1810 g/mol. The van der Waals surface area contributed by atoms with Gasteiger partial charge in [-0.05, 0) is 186 Å². The van der Waals surface area contributed by atoms with Crippen LogP contribution in [0.3, 0.4) is 0 Å². The summed E-state index contributed by atoms with van der Waals surface area (Å²) in [7, 11) is 0. The molecule has 41 heteroatoms. The number of amides is 15. The van der Waals surface area contributed by atoms with Crippen molar-refractivity contribution in [3.63, 3.8) is 0 Å². The second-order valence-electron chi connectivity index (χ2n) is 32.9. The van der Waals surface area contributed by atoms with Crippen molar-refractivity contribution in [1.82, 2.24) is 46.3 Å². The van der Waals surface area contributed by atoms with E-state index in [0.29, 0.717) is 139 Å². The lowest BCUT2D eigenvalue weighted by molar-refractivity contribution is -0.384. The third kappa shape index (κ3) is 30.4. The number of non-ortho nitro benzene ring substituents is 1. The van der Waals surface area contributed by atoms with E-state index >= 15 is 0 Å². The quantitative estimate of drug-likeness (QED) is 0.0146. The van der Waals surface area contributed by atoms with Crippen LogP contribution in [0, 0.1) is 54.8 Å². The molecule has 730 valence electrons. The van der Waals surface area contributed by atoms with E-state index in [1.54, 1.807) is 49.3 Å². The van der Waals surface area contributed by atoms with E-state index in [-0.39, 0.29) is 83.4 Å². The van der Waals surface area contributed by atoms with Crippen LogP contribution in [0.15, 0.2) is 231 Å². The minimum atomic E-state index is -0.830. The summed E-state index contributed by atoms with van der Waals surface area (Å²) in [5.74, 6) is -2.35. The second-order valence-corrected chi connectivity index (χ2v) is 33.2. The van der Waals surface area contributed by atoms with Crippen LogP contribution in [0.25, 0.3) is 0 Å². The maximum atomic E-state index is 12.5. The number of hydroxylamine groups is 3. The van der Waals surface area contributed by atoms with Crippen molar-refractivity contribution in [1.29, 1.82) is 0 Å². The van der Waals surface area contributed by atoms with E-state index in [4.69, 9.17) is 20.7 Å². The summed E-state index contributed by atoms with van der Waals surface area (Å²) in [6.07, 6.45) is 0. The molecule has 0 saturated carbocycles. The molecule has 139 heavy (non-hydrogen) atoms. The summed E-state index contributed by atoms with van der Waals surface area (Å²) in [5.41, 5.74) is 19.2. The normalized spacial score (nSPS) is 13.9. The Morgan fingerprint density at radius 3 is 0.871 bits per heavy atom. The Morgan fingerprint density at radius 2 is 0.576 bits per heavy atom. The lowest BCUT2D eigenvalue weighted by Gasteiger charge is -2.36. The van der Waals surface area contributed by atoms with E-state index in [9.17, 15) is 68.2 Å². The molecule has 5 heterocycles. The summed E-state index contributed by atoms with van der Waals surface area (Å²) in [6, 6.07) is 67.6. The third-order valence-corrected chi connectivity index (χ3v) is 23.5. The standard InChI is InChI=1S/C21H26N4O3.C20H24N4O2S.2C19H21N5O5.C19H22N4O3/c1-16-2-6-18(7-3-16)23-21(28)25-13-11-24(12-14-25)19-8-4-17(5-9-19)20(27)22-10-15-26;1-15-2-4-17(5-3-15)22-20(26)24-12-10-23(11-13-24)18-8-6-16(7-9-18)21-19(25)14-27;1-13-2-5-15(6-3-13)20-19(26)23-10-8-22(9-11-23)16-7-4-14(18(25)21-27)12-17(16)24(28)29;1-13-2-4-14(5-3-13)20-19(26)23-10-8-22(9-11-23)17-7-6-15(24(28)29)12-16(17)18(25)21-27;1-14-2-6-16(7-3-14)20-19(25)23-12-10-22(11-13-23)17-8-4-15(5-9-17)18(24)21-26/h2-9,26H,10-15H2,1H3,(H,22,27)(H,23,28);2-9,27H,10-14H2,1H3,(H,21,25)(H,22,26);2*2-7,12,27H,8-11H2,1H3,(H,20,26)(H,21,25);2-9,26H,10-13H2,1H3,(H,20,25)(H,21,24). The van der Waals surface area contributed by atoms with Gasteiger partial charge in [0.1, 0.15) is 5.69 Å². The molecule has 5 aliphatic heterocycles. The smallest absolute Gasteiger partial charge is 0.321 e. The number of aryl methyl sites for hydroxylation is 5. The highest BCUT2D eigenvalue weighted by Gasteiger charge is 2.31. The first-order valence-electron chi connectivity index (χ1n) is 44.8. The largest absolute Gasteiger partial charge is 0.395 e. The number of thiol groups is 1. The van der Waals surface area contributed by atoms with Gasteiger partial charge in [0.2, 0.25) is 5.91 Å². The number of nitro benzene ring substituents is 2. The Bertz CT molecular complexity index is 5860. The molecule has 5 fully saturated rings. The van der Waals surface area contributed by atoms with Crippen molar-refractivity contribution in [2.75, 3.05) is 206 Å². The number of hydrogen-bond acceptors (Lipinski definition) is 24. The number of benzene rings is 10. The van der Waals surface area contributed by atoms with E-state index in [2.05, 4.69) is 64.5 Å². The first-order valence-corrected chi connectivity index (χ1v) is 45.5. The Morgan fingerprint density at radius 1 is 0.309 bits per heavy atom. The van der Waals surface area contributed by atoms with Gasteiger partial charge in [-0.15, -0.1) is 0 Å². The van der Waals surface area contributed by atoms with Gasteiger partial charge < -0.3 is 91.3 Å². The molecule has 0 bridgehead atoms. The number of nitrogens with one attached hydrogen (secondary N) is 10. The highest BCUT2D eigenvalue weighted by molar-refractivity contribution is 7.81. The number of piperazine rings is 5. The summed E-state index contributed by atoms with van der Waals surface area (Å²) < 4.78 is 0. The molecule has 15 rings (SSSR count). The zero-order valence-corrected chi connectivity index (χ0v) is 78.4. The fraction of sp³-hybridized carbons (Fsp3) is 0.286. The lowest BCUT2D eigenvalue weighted by Crippen LogP contribution is -2.50. The van der Waals surface area contributed by atoms with Gasteiger partial charge >= 0.3 is 30.2 Å². The van der Waals surface area contributed by atoms with Crippen LogP contribution in [0.5, 0.6) is 0 Å². The molecule has 5 saturated heterocycles. The number of aliphatic hydroxyl groups is 1. The highest BCUT2D eigenvalue weighted by atomic mass is 32.1. The summed E-state index contributed by atoms with van der Waals surface area (Å²) in [5, 5.41) is 77.4. The minimum absolute atomic E-state index is 0.000688. The zero-order chi connectivity index (χ0) is 99.6. The number of nitrogens with zero attached hydrogens (tertiary/aromatic N) is 12. The molecular formula is C98H114N22O18S. The number of carbonyl (C=O) groups is 10. The van der Waals surface area contributed by atoms with Crippen LogP contribution in [-0.2, 0) is 4.79 Å². The van der Waals surface area contributed by atoms with Crippen LogP contribution < -0.4 is 78.2 Å². The molecule has 0 aromatic heterocycles. The summed E-state index contributed by atoms with van der Waals surface area (Å²) >= 11 is 3.95. The molecule has 0 radical (unpaired) electrons. The molecule has 0 spiro atoms. The van der Waals surface area contributed by atoms with Gasteiger partial charge in [-0.1, -0.05) is 88.5 Å². The monoisotopic (exact) mass is 1920 g/mol. The maximum Gasteiger partial charge on any atom is 0.321 e. The average Bonchev–Trinajstić information content (AvgIpc) is 0.803. The van der Waals surface area contributed by atoms with Crippen molar-refractivity contribution in [2.45, 2.75) is 34.6 Å². The molecule has 14 N–H and O–H groups in total. The first-order chi connectivity index (χ1) is 66.9. The van der Waals surface area contributed by atoms with Gasteiger partial charge in [0.15, 0.2) is 0 Å². The van der Waals surface area contributed by atoms with Gasteiger partial charge in [0.05, 0.1) is 33.5 Å². The molecule has 15 amide bonds. The van der Waals surface area contributed by atoms with Crippen molar-refractivity contribution < 1.29 is 78.5 Å². The number of anilines is 11. The minimum Gasteiger partial charge on any atom is -0.395 e. The van der Waals surface area contributed by atoms with Gasteiger partial charge in [-0.2, -0.15) is 12.6 Å². The second kappa shape index (κ2) is 51.0.